The fraction of sp³-hybridized carbons (Fsp3) is 0. The van der Waals surface area contributed by atoms with Crippen LogP contribution in [0, 0.1) is 0 Å². The van der Waals surface area contributed by atoms with Crippen molar-refractivity contribution in [2.75, 3.05) is 5.32 Å². The van der Waals surface area contributed by atoms with E-state index in [0.29, 0.717) is 5.56 Å². The molecule has 1 aromatic heterocycles. The molecule has 92 valence electrons. The van der Waals surface area contributed by atoms with E-state index in [1.54, 1.807) is 30.3 Å². The molecule has 18 heavy (non-hydrogen) atoms. The average Bonchev–Trinajstić information content (AvgIpc) is 2.34. The van der Waals surface area contributed by atoms with Crippen molar-refractivity contribution in [2.24, 2.45) is 0 Å². The van der Waals surface area contributed by atoms with E-state index >= 15 is 0 Å². The van der Waals surface area contributed by atoms with Crippen LogP contribution in [0.3, 0.4) is 0 Å². The molecule has 0 bridgehead atoms. The molecule has 0 spiro atoms. The normalized spacial score (nSPS) is 10.0. The van der Waals surface area contributed by atoms with Crippen LogP contribution in [0.4, 0.5) is 5.69 Å². The smallest absolute Gasteiger partial charge is 0.328 e. The first-order valence-electron chi connectivity index (χ1n) is 5.00. The van der Waals surface area contributed by atoms with Crippen LogP contribution in [0.2, 0.25) is 0 Å². The summed E-state index contributed by atoms with van der Waals surface area (Å²) in [6.45, 7) is 0. The summed E-state index contributed by atoms with van der Waals surface area (Å²) in [4.78, 5) is 37.8. The molecule has 2 rings (SSSR count). The number of amides is 1. The minimum atomic E-state index is -0.875. The fourth-order valence-electron chi connectivity index (χ4n) is 1.37. The number of hydrogen-bond donors (Lipinski definition) is 4. The van der Waals surface area contributed by atoms with Gasteiger partial charge in [-0.05, 0) is 12.1 Å². The Morgan fingerprint density at radius 1 is 1.11 bits per heavy atom. The Bertz CT molecular complexity index is 687. The second kappa shape index (κ2) is 4.58. The van der Waals surface area contributed by atoms with Crippen LogP contribution in [-0.2, 0) is 0 Å². The van der Waals surface area contributed by atoms with Gasteiger partial charge in [0.05, 0.1) is 0 Å². The third-order valence-electron chi connectivity index (χ3n) is 2.20. The topological polar surface area (TPSA) is 115 Å². The maximum atomic E-state index is 11.7. The summed E-state index contributed by atoms with van der Waals surface area (Å²) in [5.41, 5.74) is -1.80. The summed E-state index contributed by atoms with van der Waals surface area (Å²) in [7, 11) is 0. The van der Waals surface area contributed by atoms with Crippen LogP contribution in [0.25, 0.3) is 0 Å². The molecule has 4 N–H and O–H groups in total. The Balaban J connectivity index is 2.34. The number of aromatic hydroxyl groups is 1. The lowest BCUT2D eigenvalue weighted by atomic mass is 10.2. The van der Waals surface area contributed by atoms with E-state index in [0.717, 1.165) is 0 Å². The SMILES string of the molecule is O=C(Nc1c(O)[nH]c(=O)[nH]c1=O)c1ccccc1. The van der Waals surface area contributed by atoms with Crippen LogP contribution in [-0.4, -0.2) is 21.0 Å². The van der Waals surface area contributed by atoms with Crippen LogP contribution < -0.4 is 16.6 Å². The van der Waals surface area contributed by atoms with E-state index in [4.69, 9.17) is 0 Å². The molecule has 0 saturated heterocycles. The highest BCUT2D eigenvalue weighted by Gasteiger charge is 2.12. The molecule has 1 aromatic carbocycles. The lowest BCUT2D eigenvalue weighted by Crippen LogP contribution is -2.27. The van der Waals surface area contributed by atoms with Crippen molar-refractivity contribution in [3.63, 3.8) is 0 Å². The second-order valence-electron chi connectivity index (χ2n) is 3.45. The van der Waals surface area contributed by atoms with Crippen LogP contribution in [0.5, 0.6) is 5.88 Å². The van der Waals surface area contributed by atoms with Gasteiger partial charge >= 0.3 is 5.69 Å². The lowest BCUT2D eigenvalue weighted by molar-refractivity contribution is 0.102. The molecule has 7 heteroatoms. The highest BCUT2D eigenvalue weighted by molar-refractivity contribution is 6.04. The molecule has 2 aromatic rings. The molecule has 0 fully saturated rings. The maximum absolute atomic E-state index is 11.7. The van der Waals surface area contributed by atoms with Gasteiger partial charge in [0.25, 0.3) is 11.5 Å². The molecule has 1 heterocycles. The first-order chi connectivity index (χ1) is 8.58. The van der Waals surface area contributed by atoms with Crippen molar-refractivity contribution >= 4 is 11.6 Å². The van der Waals surface area contributed by atoms with Gasteiger partial charge in [-0.15, -0.1) is 0 Å². The van der Waals surface area contributed by atoms with Gasteiger partial charge in [-0.2, -0.15) is 0 Å². The van der Waals surface area contributed by atoms with E-state index in [2.05, 4.69) is 5.32 Å². The van der Waals surface area contributed by atoms with E-state index in [9.17, 15) is 19.5 Å². The zero-order valence-corrected chi connectivity index (χ0v) is 9.06. The second-order valence-corrected chi connectivity index (χ2v) is 3.45. The molecule has 0 aliphatic rings. The molecule has 1 amide bonds. The number of benzene rings is 1. The van der Waals surface area contributed by atoms with Crippen molar-refractivity contribution in [3.8, 4) is 5.88 Å². The third kappa shape index (κ3) is 2.29. The number of nitrogens with one attached hydrogen (secondary N) is 3. The molecule has 0 saturated carbocycles. The summed E-state index contributed by atoms with van der Waals surface area (Å²) >= 11 is 0. The number of rotatable bonds is 2. The number of carbonyl (C=O) groups is 1. The number of anilines is 1. The first kappa shape index (κ1) is 11.6. The molecule has 0 aliphatic carbocycles. The third-order valence-corrected chi connectivity index (χ3v) is 2.20. The van der Waals surface area contributed by atoms with Gasteiger partial charge in [0.2, 0.25) is 5.88 Å². The van der Waals surface area contributed by atoms with Crippen LogP contribution in [0.1, 0.15) is 10.4 Å². The number of carbonyl (C=O) groups excluding carboxylic acids is 1. The van der Waals surface area contributed by atoms with Crippen LogP contribution in [0.15, 0.2) is 39.9 Å². The summed E-state index contributed by atoms with van der Waals surface area (Å²) in [6.07, 6.45) is 0. The maximum Gasteiger partial charge on any atom is 0.328 e. The monoisotopic (exact) mass is 247 g/mol. The van der Waals surface area contributed by atoms with E-state index in [1.807, 2.05) is 9.97 Å². The fourth-order valence-corrected chi connectivity index (χ4v) is 1.37. The van der Waals surface area contributed by atoms with Crippen molar-refractivity contribution in [1.29, 1.82) is 0 Å². The van der Waals surface area contributed by atoms with Gasteiger partial charge in [0.1, 0.15) is 0 Å². The molecule has 0 unspecified atom stereocenters. The minimum Gasteiger partial charge on any atom is -0.493 e. The minimum absolute atomic E-state index is 0.322. The Morgan fingerprint density at radius 3 is 2.39 bits per heavy atom. The highest BCUT2D eigenvalue weighted by Crippen LogP contribution is 2.12. The van der Waals surface area contributed by atoms with Crippen LogP contribution >= 0.6 is 0 Å². The van der Waals surface area contributed by atoms with Crippen molar-refractivity contribution in [1.82, 2.24) is 9.97 Å². The number of aromatic amines is 2. The van der Waals surface area contributed by atoms with Gasteiger partial charge in [0, 0.05) is 5.56 Å². The molecule has 0 radical (unpaired) electrons. The molecular weight excluding hydrogens is 238 g/mol. The average molecular weight is 247 g/mol. The first-order valence-corrected chi connectivity index (χ1v) is 5.00. The predicted molar refractivity (Wildman–Crippen MR) is 63.7 cm³/mol. The number of H-pyrrole nitrogens is 2. The highest BCUT2D eigenvalue weighted by atomic mass is 16.3. The Hall–Kier alpha value is -2.83. The molecule has 0 aliphatic heterocycles. The standard InChI is InChI=1S/C11H9N3O4/c15-8(6-4-2-1-3-5-6)12-7-9(16)13-11(18)14-10(7)17/h1-5H,(H,12,15)(H3,13,14,16,17,18). The van der Waals surface area contributed by atoms with Crippen molar-refractivity contribution in [2.45, 2.75) is 0 Å². The van der Waals surface area contributed by atoms with Crippen molar-refractivity contribution < 1.29 is 9.90 Å². The van der Waals surface area contributed by atoms with Gasteiger partial charge in [0.15, 0.2) is 5.69 Å². The van der Waals surface area contributed by atoms with Gasteiger partial charge < -0.3 is 10.4 Å². The number of aromatic nitrogens is 2. The largest absolute Gasteiger partial charge is 0.493 e. The van der Waals surface area contributed by atoms with Gasteiger partial charge in [-0.25, -0.2) is 4.79 Å². The van der Waals surface area contributed by atoms with E-state index < -0.39 is 28.7 Å². The zero-order chi connectivity index (χ0) is 13.1. The Kier molecular flexibility index (Phi) is 2.96. The molecule has 7 nitrogen and oxygen atoms in total. The summed E-state index contributed by atoms with van der Waals surface area (Å²) in [5.74, 6) is -1.25. The Morgan fingerprint density at radius 2 is 1.78 bits per heavy atom. The van der Waals surface area contributed by atoms with Crippen molar-refractivity contribution in [3.05, 3.63) is 56.7 Å². The van der Waals surface area contributed by atoms with Gasteiger partial charge in [-0.1, -0.05) is 18.2 Å². The van der Waals surface area contributed by atoms with E-state index in [-0.39, 0.29) is 0 Å². The molecular formula is C11H9N3O4. The quantitative estimate of drug-likeness (QED) is 0.598. The zero-order valence-electron chi connectivity index (χ0n) is 9.06. The lowest BCUT2D eigenvalue weighted by Gasteiger charge is -2.05. The van der Waals surface area contributed by atoms with Gasteiger partial charge in [-0.3, -0.25) is 19.6 Å². The number of hydrogen-bond acceptors (Lipinski definition) is 4. The summed E-state index contributed by atoms with van der Waals surface area (Å²) in [6, 6.07) is 8.15. The molecule has 0 atom stereocenters. The summed E-state index contributed by atoms with van der Waals surface area (Å²) < 4.78 is 0. The predicted octanol–water partition coefficient (Wildman–Crippen LogP) is 0.0211. The van der Waals surface area contributed by atoms with E-state index in [1.165, 1.54) is 0 Å². The summed E-state index contributed by atoms with van der Waals surface area (Å²) in [5, 5.41) is 11.6. The Labute approximate surface area is 100 Å².